The van der Waals surface area contributed by atoms with Gasteiger partial charge in [-0.05, 0) is 53.6 Å². The molecule has 0 saturated carbocycles. The molecule has 3 aromatic rings. The highest BCUT2D eigenvalue weighted by Gasteiger charge is 2.08. The highest BCUT2D eigenvalue weighted by Crippen LogP contribution is 2.19. The minimum Gasteiger partial charge on any atom is -0.423 e. The standard InChI is InChI=1S/C25H17NO4/c1-3-18-4-9-20(10-5-18)25(28)30-23-13-6-19(7-14-23)8-17-24(27)29-22-15-11-21(26-2)12-16-22/h3-17H,1H2/b17-8+. The molecule has 0 fully saturated rings. The number of rotatable bonds is 6. The number of carbonyl (C=O) groups excluding carboxylic acids is 2. The van der Waals surface area contributed by atoms with Crippen molar-refractivity contribution < 1.29 is 19.1 Å². The van der Waals surface area contributed by atoms with Gasteiger partial charge in [-0.3, -0.25) is 0 Å². The average molecular weight is 395 g/mol. The SMILES string of the molecule is [C-]#[N+]c1ccc(OC(=O)/C=C/c2ccc(OC(=O)c3ccc(C=C)cc3)cc2)cc1. The Morgan fingerprint density at radius 3 is 1.97 bits per heavy atom. The molecule has 0 amide bonds. The molecule has 0 spiro atoms. The van der Waals surface area contributed by atoms with Crippen molar-refractivity contribution in [3.05, 3.63) is 114 Å². The smallest absolute Gasteiger partial charge is 0.343 e. The van der Waals surface area contributed by atoms with Crippen LogP contribution in [0.3, 0.4) is 0 Å². The largest absolute Gasteiger partial charge is 0.423 e. The van der Waals surface area contributed by atoms with Crippen LogP contribution in [-0.4, -0.2) is 11.9 Å². The maximum Gasteiger partial charge on any atom is 0.343 e. The lowest BCUT2D eigenvalue weighted by Gasteiger charge is -2.05. The third kappa shape index (κ3) is 5.54. The fourth-order valence-corrected chi connectivity index (χ4v) is 2.47. The van der Waals surface area contributed by atoms with E-state index in [1.165, 1.54) is 6.08 Å². The highest BCUT2D eigenvalue weighted by atomic mass is 16.5. The van der Waals surface area contributed by atoms with Gasteiger partial charge in [0.15, 0.2) is 5.69 Å². The Hall–Kier alpha value is -4.43. The van der Waals surface area contributed by atoms with E-state index in [1.807, 2.05) is 0 Å². The minimum atomic E-state index is -0.538. The molecule has 0 atom stereocenters. The summed E-state index contributed by atoms with van der Waals surface area (Å²) in [6.07, 6.45) is 4.59. The van der Waals surface area contributed by atoms with Gasteiger partial charge in [0.05, 0.1) is 12.1 Å². The van der Waals surface area contributed by atoms with Crippen molar-refractivity contribution in [1.82, 2.24) is 0 Å². The van der Waals surface area contributed by atoms with Gasteiger partial charge in [0, 0.05) is 6.08 Å². The molecule has 0 saturated heterocycles. The molecule has 0 heterocycles. The van der Waals surface area contributed by atoms with E-state index in [0.29, 0.717) is 22.7 Å². The zero-order valence-electron chi connectivity index (χ0n) is 15.9. The number of esters is 2. The Morgan fingerprint density at radius 2 is 1.37 bits per heavy atom. The van der Waals surface area contributed by atoms with E-state index in [-0.39, 0.29) is 0 Å². The van der Waals surface area contributed by atoms with Crippen molar-refractivity contribution >= 4 is 29.8 Å². The van der Waals surface area contributed by atoms with Crippen molar-refractivity contribution in [2.75, 3.05) is 0 Å². The van der Waals surface area contributed by atoms with Crippen molar-refractivity contribution in [3.63, 3.8) is 0 Å². The first-order valence-electron chi connectivity index (χ1n) is 8.99. The van der Waals surface area contributed by atoms with Crippen LogP contribution >= 0.6 is 0 Å². The first-order chi connectivity index (χ1) is 14.6. The first kappa shape index (κ1) is 20.3. The van der Waals surface area contributed by atoms with Crippen LogP contribution in [0.25, 0.3) is 17.0 Å². The second kappa shape index (κ2) is 9.67. The quantitative estimate of drug-likeness (QED) is 0.232. The third-order valence-electron chi connectivity index (χ3n) is 4.07. The van der Waals surface area contributed by atoms with Gasteiger partial charge in [-0.2, -0.15) is 0 Å². The van der Waals surface area contributed by atoms with Crippen molar-refractivity contribution in [2.45, 2.75) is 0 Å². The second-order valence-corrected chi connectivity index (χ2v) is 6.14. The Bertz CT molecular complexity index is 1120. The van der Waals surface area contributed by atoms with E-state index in [9.17, 15) is 9.59 Å². The van der Waals surface area contributed by atoms with Gasteiger partial charge in [-0.1, -0.05) is 49.1 Å². The number of hydrogen-bond acceptors (Lipinski definition) is 4. The lowest BCUT2D eigenvalue weighted by atomic mass is 10.1. The van der Waals surface area contributed by atoms with Crippen LogP contribution < -0.4 is 9.47 Å². The van der Waals surface area contributed by atoms with Crippen LogP contribution in [-0.2, 0) is 4.79 Å². The Kier molecular flexibility index (Phi) is 6.55. The lowest BCUT2D eigenvalue weighted by molar-refractivity contribution is -0.128. The Morgan fingerprint density at radius 1 is 0.800 bits per heavy atom. The Labute approximate surface area is 174 Å². The highest BCUT2D eigenvalue weighted by molar-refractivity contribution is 5.91. The second-order valence-electron chi connectivity index (χ2n) is 6.14. The number of carbonyl (C=O) groups is 2. The van der Waals surface area contributed by atoms with Crippen molar-refractivity contribution in [1.29, 1.82) is 0 Å². The summed E-state index contributed by atoms with van der Waals surface area (Å²) in [5.74, 6) is -0.237. The van der Waals surface area contributed by atoms with Crippen LogP contribution in [0.15, 0.2) is 85.5 Å². The van der Waals surface area contributed by atoms with E-state index in [0.717, 1.165) is 11.1 Å². The van der Waals surface area contributed by atoms with Gasteiger partial charge < -0.3 is 9.47 Å². The van der Waals surface area contributed by atoms with E-state index in [4.69, 9.17) is 16.0 Å². The van der Waals surface area contributed by atoms with E-state index >= 15 is 0 Å². The molecule has 0 aromatic heterocycles. The molecule has 146 valence electrons. The van der Waals surface area contributed by atoms with E-state index < -0.39 is 11.9 Å². The number of benzene rings is 3. The summed E-state index contributed by atoms with van der Waals surface area (Å²) < 4.78 is 10.5. The summed E-state index contributed by atoms with van der Waals surface area (Å²) in [4.78, 5) is 27.4. The number of hydrogen-bond donors (Lipinski definition) is 0. The average Bonchev–Trinajstić information content (AvgIpc) is 2.79. The third-order valence-corrected chi connectivity index (χ3v) is 4.07. The summed E-state index contributed by atoms with van der Waals surface area (Å²) in [7, 11) is 0. The summed E-state index contributed by atoms with van der Waals surface area (Å²) >= 11 is 0. The zero-order chi connectivity index (χ0) is 21.3. The summed E-state index contributed by atoms with van der Waals surface area (Å²) in [6.45, 7) is 10.6. The molecule has 3 rings (SSSR count). The van der Waals surface area contributed by atoms with Crippen molar-refractivity contribution in [3.8, 4) is 11.5 Å². The molecule has 0 N–H and O–H groups in total. The lowest BCUT2D eigenvalue weighted by Crippen LogP contribution is -2.08. The molecular formula is C25H17NO4. The van der Waals surface area contributed by atoms with Crippen LogP contribution in [0.2, 0.25) is 0 Å². The molecule has 5 nitrogen and oxygen atoms in total. The summed E-state index contributed by atoms with van der Waals surface area (Å²) in [5, 5.41) is 0. The minimum absolute atomic E-state index is 0.362. The topological polar surface area (TPSA) is 57.0 Å². The predicted molar refractivity (Wildman–Crippen MR) is 115 cm³/mol. The van der Waals surface area contributed by atoms with Gasteiger partial charge >= 0.3 is 11.9 Å². The van der Waals surface area contributed by atoms with Gasteiger partial charge in [0.25, 0.3) is 0 Å². The molecule has 0 aliphatic rings. The van der Waals surface area contributed by atoms with Gasteiger partial charge in [0.1, 0.15) is 11.5 Å². The van der Waals surface area contributed by atoms with Crippen LogP contribution in [0.4, 0.5) is 5.69 Å². The van der Waals surface area contributed by atoms with Crippen LogP contribution in [0.1, 0.15) is 21.5 Å². The molecule has 30 heavy (non-hydrogen) atoms. The summed E-state index contributed by atoms with van der Waals surface area (Å²) in [5.41, 5.74) is 2.57. The first-order valence-corrected chi connectivity index (χ1v) is 8.99. The van der Waals surface area contributed by atoms with Gasteiger partial charge in [-0.25, -0.2) is 14.4 Å². The van der Waals surface area contributed by atoms with Crippen LogP contribution in [0.5, 0.6) is 11.5 Å². The zero-order valence-corrected chi connectivity index (χ0v) is 15.9. The molecule has 0 aliphatic heterocycles. The molecule has 0 aliphatic carbocycles. The normalized spacial score (nSPS) is 10.2. The van der Waals surface area contributed by atoms with Crippen LogP contribution in [0, 0.1) is 6.57 Å². The predicted octanol–water partition coefficient (Wildman–Crippen LogP) is 5.72. The number of nitrogens with zero attached hydrogens (tertiary/aromatic N) is 1. The summed E-state index contributed by atoms with van der Waals surface area (Å²) in [6, 6.07) is 19.9. The fourth-order valence-electron chi connectivity index (χ4n) is 2.47. The van der Waals surface area contributed by atoms with E-state index in [2.05, 4.69) is 11.4 Å². The fraction of sp³-hybridized carbons (Fsp3) is 0. The molecule has 0 bridgehead atoms. The van der Waals surface area contributed by atoms with Crippen molar-refractivity contribution in [2.24, 2.45) is 0 Å². The maximum atomic E-state index is 12.2. The molecular weight excluding hydrogens is 378 g/mol. The van der Waals surface area contributed by atoms with Gasteiger partial charge in [-0.15, -0.1) is 0 Å². The van der Waals surface area contributed by atoms with Gasteiger partial charge in [0.2, 0.25) is 0 Å². The number of ether oxygens (including phenoxy) is 2. The maximum absolute atomic E-state index is 12.2. The molecule has 3 aromatic carbocycles. The molecule has 0 unspecified atom stereocenters. The molecule has 5 heteroatoms. The van der Waals surface area contributed by atoms with E-state index in [1.54, 1.807) is 84.9 Å². The monoisotopic (exact) mass is 395 g/mol. The molecule has 0 radical (unpaired) electrons. The Balaban J connectivity index is 1.56.